The van der Waals surface area contributed by atoms with E-state index in [-0.39, 0.29) is 0 Å². The minimum Gasteiger partial charge on any atom is -0.399 e. The number of para-hydroxylation sites is 1. The maximum absolute atomic E-state index is 5.83. The van der Waals surface area contributed by atoms with Crippen LogP contribution in [0.3, 0.4) is 0 Å². The van der Waals surface area contributed by atoms with Crippen LogP contribution in [0.25, 0.3) is 22.4 Å². The maximum atomic E-state index is 5.83. The Hall–Kier alpha value is -2.29. The number of nitrogen functional groups attached to an aromatic ring is 1. The third kappa shape index (κ3) is 1.56. The molecule has 0 atom stereocenters. The molecule has 2 N–H and O–H groups in total. The van der Waals surface area contributed by atoms with Crippen molar-refractivity contribution in [1.82, 2.24) is 9.55 Å². The molecule has 0 aliphatic carbocycles. The van der Waals surface area contributed by atoms with Crippen molar-refractivity contribution in [2.45, 2.75) is 6.92 Å². The third-order valence-corrected chi connectivity index (χ3v) is 3.24. The van der Waals surface area contributed by atoms with Crippen molar-refractivity contribution in [2.75, 3.05) is 5.73 Å². The van der Waals surface area contributed by atoms with Gasteiger partial charge in [0.1, 0.15) is 5.82 Å². The van der Waals surface area contributed by atoms with Gasteiger partial charge >= 0.3 is 0 Å². The second kappa shape index (κ2) is 3.88. The Labute approximate surface area is 106 Å². The molecule has 1 aromatic heterocycles. The number of anilines is 1. The molecule has 3 aromatic rings. The first-order chi connectivity index (χ1) is 8.66. The van der Waals surface area contributed by atoms with Gasteiger partial charge in [0.05, 0.1) is 11.0 Å². The number of aromatic nitrogens is 2. The van der Waals surface area contributed by atoms with Crippen LogP contribution in [0.1, 0.15) is 5.56 Å². The number of hydrogen-bond donors (Lipinski definition) is 1. The van der Waals surface area contributed by atoms with E-state index in [2.05, 4.69) is 17.6 Å². The Morgan fingerprint density at radius 3 is 2.61 bits per heavy atom. The van der Waals surface area contributed by atoms with Crippen molar-refractivity contribution < 1.29 is 0 Å². The fraction of sp³-hybridized carbons (Fsp3) is 0.133. The van der Waals surface area contributed by atoms with Crippen LogP contribution in [0.15, 0.2) is 42.5 Å². The van der Waals surface area contributed by atoms with E-state index in [0.717, 1.165) is 22.6 Å². The first kappa shape index (κ1) is 10.8. The van der Waals surface area contributed by atoms with Gasteiger partial charge in [-0.2, -0.15) is 0 Å². The van der Waals surface area contributed by atoms with Crippen molar-refractivity contribution in [1.29, 1.82) is 0 Å². The molecule has 18 heavy (non-hydrogen) atoms. The normalized spacial score (nSPS) is 11.0. The summed E-state index contributed by atoms with van der Waals surface area (Å²) >= 11 is 0. The second-order valence-electron chi connectivity index (χ2n) is 4.56. The molecule has 3 rings (SSSR count). The summed E-state index contributed by atoms with van der Waals surface area (Å²) in [6.45, 7) is 2.10. The van der Waals surface area contributed by atoms with Gasteiger partial charge in [0.2, 0.25) is 0 Å². The fourth-order valence-corrected chi connectivity index (χ4v) is 2.40. The minimum atomic E-state index is 0.760. The lowest BCUT2D eigenvalue weighted by Gasteiger charge is -2.04. The fourth-order valence-electron chi connectivity index (χ4n) is 2.40. The van der Waals surface area contributed by atoms with E-state index in [4.69, 9.17) is 10.7 Å². The molecule has 1 heterocycles. The number of nitrogens with two attached hydrogens (primary N) is 1. The highest BCUT2D eigenvalue weighted by Gasteiger charge is 2.11. The summed E-state index contributed by atoms with van der Waals surface area (Å²) < 4.78 is 2.12. The molecular weight excluding hydrogens is 222 g/mol. The zero-order valence-electron chi connectivity index (χ0n) is 10.5. The highest BCUT2D eigenvalue weighted by molar-refractivity contribution is 5.83. The summed E-state index contributed by atoms with van der Waals surface area (Å²) in [5, 5.41) is 0. The minimum absolute atomic E-state index is 0.760. The number of imidazole rings is 1. The standard InChI is InChI=1S/C15H15N3/c1-10-5-3-8-13-14(10)18(2)15(17-13)11-6-4-7-12(16)9-11/h3-9H,16H2,1-2H3. The van der Waals surface area contributed by atoms with Gasteiger partial charge in [-0.05, 0) is 30.7 Å². The van der Waals surface area contributed by atoms with E-state index in [1.807, 2.05) is 43.4 Å². The molecule has 0 amide bonds. The molecule has 0 unspecified atom stereocenters. The predicted octanol–water partition coefficient (Wildman–Crippen LogP) is 3.13. The number of aryl methyl sites for hydroxylation is 2. The molecule has 0 saturated carbocycles. The smallest absolute Gasteiger partial charge is 0.140 e. The highest BCUT2D eigenvalue weighted by atomic mass is 15.1. The van der Waals surface area contributed by atoms with E-state index >= 15 is 0 Å². The maximum Gasteiger partial charge on any atom is 0.140 e. The van der Waals surface area contributed by atoms with Gasteiger partial charge in [-0.15, -0.1) is 0 Å². The number of hydrogen-bond acceptors (Lipinski definition) is 2. The summed E-state index contributed by atoms with van der Waals surface area (Å²) in [4.78, 5) is 4.69. The topological polar surface area (TPSA) is 43.8 Å². The van der Waals surface area contributed by atoms with E-state index in [0.29, 0.717) is 0 Å². The summed E-state index contributed by atoms with van der Waals surface area (Å²) in [7, 11) is 2.04. The van der Waals surface area contributed by atoms with Crippen LogP contribution < -0.4 is 5.73 Å². The highest BCUT2D eigenvalue weighted by Crippen LogP contribution is 2.26. The van der Waals surface area contributed by atoms with Crippen LogP contribution >= 0.6 is 0 Å². The Bertz CT molecular complexity index is 726. The zero-order valence-corrected chi connectivity index (χ0v) is 10.5. The van der Waals surface area contributed by atoms with Crippen LogP contribution in [0.2, 0.25) is 0 Å². The number of rotatable bonds is 1. The Morgan fingerprint density at radius 1 is 1.11 bits per heavy atom. The molecule has 2 aromatic carbocycles. The number of fused-ring (bicyclic) bond motifs is 1. The number of nitrogens with zero attached hydrogens (tertiary/aromatic N) is 2. The van der Waals surface area contributed by atoms with Crippen LogP contribution in [0.4, 0.5) is 5.69 Å². The van der Waals surface area contributed by atoms with Crippen molar-refractivity contribution in [3.05, 3.63) is 48.0 Å². The summed E-state index contributed by atoms with van der Waals surface area (Å²) in [5.74, 6) is 0.951. The first-order valence-corrected chi connectivity index (χ1v) is 5.95. The van der Waals surface area contributed by atoms with Crippen LogP contribution in [-0.4, -0.2) is 9.55 Å². The van der Waals surface area contributed by atoms with Gasteiger partial charge < -0.3 is 10.3 Å². The predicted molar refractivity (Wildman–Crippen MR) is 75.3 cm³/mol. The van der Waals surface area contributed by atoms with E-state index in [1.165, 1.54) is 11.1 Å². The second-order valence-corrected chi connectivity index (χ2v) is 4.56. The monoisotopic (exact) mass is 237 g/mol. The molecule has 90 valence electrons. The quantitative estimate of drug-likeness (QED) is 0.661. The third-order valence-electron chi connectivity index (χ3n) is 3.24. The lowest BCUT2D eigenvalue weighted by molar-refractivity contribution is 0.955. The van der Waals surface area contributed by atoms with Gasteiger partial charge in [-0.25, -0.2) is 4.98 Å². The number of benzene rings is 2. The molecular formula is C15H15N3. The van der Waals surface area contributed by atoms with Crippen molar-refractivity contribution in [3.63, 3.8) is 0 Å². The largest absolute Gasteiger partial charge is 0.399 e. The lowest BCUT2D eigenvalue weighted by Crippen LogP contribution is -1.94. The Balaban J connectivity index is 2.31. The molecule has 0 aliphatic heterocycles. The average Bonchev–Trinajstić information content (AvgIpc) is 2.68. The van der Waals surface area contributed by atoms with Crippen molar-refractivity contribution >= 4 is 16.7 Å². The van der Waals surface area contributed by atoms with Crippen LogP contribution in [-0.2, 0) is 7.05 Å². The molecule has 0 radical (unpaired) electrons. The van der Waals surface area contributed by atoms with Gasteiger partial charge in [0.25, 0.3) is 0 Å². The summed E-state index contributed by atoms with van der Waals surface area (Å²) in [6.07, 6.45) is 0. The summed E-state index contributed by atoms with van der Waals surface area (Å²) in [6, 6.07) is 14.0. The van der Waals surface area contributed by atoms with E-state index in [9.17, 15) is 0 Å². The molecule has 0 spiro atoms. The first-order valence-electron chi connectivity index (χ1n) is 5.95. The summed E-state index contributed by atoms with van der Waals surface area (Å²) in [5.41, 5.74) is 11.1. The molecule has 0 saturated heterocycles. The van der Waals surface area contributed by atoms with Crippen LogP contribution in [0.5, 0.6) is 0 Å². The van der Waals surface area contributed by atoms with E-state index in [1.54, 1.807) is 0 Å². The Morgan fingerprint density at radius 2 is 1.89 bits per heavy atom. The van der Waals surface area contributed by atoms with Gasteiger partial charge in [0, 0.05) is 18.3 Å². The van der Waals surface area contributed by atoms with Gasteiger partial charge in [0.15, 0.2) is 0 Å². The Kier molecular flexibility index (Phi) is 2.33. The lowest BCUT2D eigenvalue weighted by atomic mass is 10.2. The molecule has 3 nitrogen and oxygen atoms in total. The van der Waals surface area contributed by atoms with Crippen LogP contribution in [0, 0.1) is 6.92 Å². The molecule has 0 fully saturated rings. The van der Waals surface area contributed by atoms with Crippen molar-refractivity contribution in [3.8, 4) is 11.4 Å². The molecule has 3 heteroatoms. The molecule has 0 bridgehead atoms. The zero-order chi connectivity index (χ0) is 12.7. The SMILES string of the molecule is Cc1cccc2nc(-c3cccc(N)c3)n(C)c12. The average molecular weight is 237 g/mol. The van der Waals surface area contributed by atoms with E-state index < -0.39 is 0 Å². The van der Waals surface area contributed by atoms with Gasteiger partial charge in [-0.3, -0.25) is 0 Å². The molecule has 0 aliphatic rings. The van der Waals surface area contributed by atoms with Gasteiger partial charge in [-0.1, -0.05) is 24.3 Å². The van der Waals surface area contributed by atoms with Crippen molar-refractivity contribution in [2.24, 2.45) is 7.05 Å².